The van der Waals surface area contributed by atoms with Crippen LogP contribution in [-0.4, -0.2) is 54.4 Å². The first kappa shape index (κ1) is 12.6. The van der Waals surface area contributed by atoms with Crippen LogP contribution in [0.5, 0.6) is 0 Å². The zero-order valence-electron chi connectivity index (χ0n) is 9.48. The van der Waals surface area contributed by atoms with Crippen LogP contribution in [0.15, 0.2) is 12.4 Å². The Labute approximate surface area is 107 Å². The number of thioether (sulfide) groups is 1. The lowest BCUT2D eigenvalue weighted by Crippen LogP contribution is -2.47. The number of carbonyl (C=O) groups is 2. The van der Waals surface area contributed by atoms with Crippen LogP contribution in [0.4, 0.5) is 10.7 Å². The number of aliphatic carboxylic acids is 1. The summed E-state index contributed by atoms with van der Waals surface area (Å²) in [6.45, 7) is 1.78. The summed E-state index contributed by atoms with van der Waals surface area (Å²) in [5, 5.41) is 18.4. The molecule has 2 N–H and O–H groups in total. The summed E-state index contributed by atoms with van der Waals surface area (Å²) in [6, 6.07) is -1.37. The minimum Gasteiger partial charge on any atom is -0.480 e. The van der Waals surface area contributed by atoms with Crippen molar-refractivity contribution in [2.45, 2.75) is 18.3 Å². The number of urea groups is 1. The fourth-order valence-corrected chi connectivity index (χ4v) is 2.77. The van der Waals surface area contributed by atoms with Gasteiger partial charge in [0.2, 0.25) is 0 Å². The van der Waals surface area contributed by atoms with Crippen LogP contribution in [0, 0.1) is 0 Å². The molecule has 0 aliphatic carbocycles. The molecule has 8 nitrogen and oxygen atoms in total. The van der Waals surface area contributed by atoms with Gasteiger partial charge in [0.05, 0.1) is 17.8 Å². The molecule has 18 heavy (non-hydrogen) atoms. The van der Waals surface area contributed by atoms with E-state index in [0.717, 1.165) is 0 Å². The van der Waals surface area contributed by atoms with Crippen molar-refractivity contribution in [1.29, 1.82) is 0 Å². The number of rotatable bonds is 2. The van der Waals surface area contributed by atoms with Gasteiger partial charge in [-0.1, -0.05) is 0 Å². The minimum atomic E-state index is -1.02. The maximum atomic E-state index is 12.0. The predicted molar refractivity (Wildman–Crippen MR) is 64.0 cm³/mol. The van der Waals surface area contributed by atoms with Crippen LogP contribution in [0.25, 0.3) is 0 Å². The number of nitrogens with zero attached hydrogens (tertiary/aromatic N) is 4. The Hall–Kier alpha value is -1.90. The first-order chi connectivity index (χ1) is 8.59. The van der Waals surface area contributed by atoms with Crippen molar-refractivity contribution in [1.82, 2.24) is 20.1 Å². The van der Waals surface area contributed by atoms with Gasteiger partial charge in [0.15, 0.2) is 0 Å². The molecule has 1 fully saturated rings. The number of hydrogen-bond donors (Lipinski definition) is 2. The van der Waals surface area contributed by atoms with Crippen molar-refractivity contribution in [3.8, 4) is 0 Å². The van der Waals surface area contributed by atoms with Crippen molar-refractivity contribution in [2.75, 3.05) is 11.1 Å². The normalized spacial score (nSPS) is 22.8. The Morgan fingerprint density at radius 2 is 2.33 bits per heavy atom. The van der Waals surface area contributed by atoms with E-state index in [1.807, 2.05) is 0 Å². The zero-order valence-corrected chi connectivity index (χ0v) is 10.3. The van der Waals surface area contributed by atoms with E-state index >= 15 is 0 Å². The van der Waals surface area contributed by atoms with E-state index in [2.05, 4.69) is 20.5 Å². The van der Waals surface area contributed by atoms with Crippen LogP contribution >= 0.6 is 11.8 Å². The monoisotopic (exact) mass is 269 g/mol. The summed E-state index contributed by atoms with van der Waals surface area (Å²) in [5.41, 5.74) is 0. The highest BCUT2D eigenvalue weighted by atomic mass is 32.2. The molecule has 1 aliphatic rings. The second kappa shape index (κ2) is 5.17. The molecule has 0 aromatic carbocycles. The maximum Gasteiger partial charge on any atom is 0.327 e. The molecule has 1 aromatic rings. The van der Waals surface area contributed by atoms with E-state index in [9.17, 15) is 9.59 Å². The highest BCUT2D eigenvalue weighted by Crippen LogP contribution is 2.29. The fraction of sp³-hybridized carbons (Fsp3) is 0.444. The Kier molecular flexibility index (Phi) is 3.60. The largest absolute Gasteiger partial charge is 0.480 e. The Morgan fingerprint density at radius 1 is 1.56 bits per heavy atom. The molecule has 0 spiro atoms. The van der Waals surface area contributed by atoms with E-state index in [1.54, 1.807) is 6.92 Å². The second-order valence-corrected chi connectivity index (χ2v) is 4.94. The van der Waals surface area contributed by atoms with E-state index in [4.69, 9.17) is 5.11 Å². The van der Waals surface area contributed by atoms with Crippen LogP contribution in [0.2, 0.25) is 0 Å². The molecule has 0 bridgehead atoms. The number of carbonyl (C=O) groups excluding carboxylic acids is 1. The smallest absolute Gasteiger partial charge is 0.327 e. The van der Waals surface area contributed by atoms with Crippen molar-refractivity contribution >= 4 is 29.7 Å². The third kappa shape index (κ3) is 2.50. The van der Waals surface area contributed by atoms with Crippen LogP contribution in [-0.2, 0) is 4.79 Å². The Balaban J connectivity index is 2.10. The van der Waals surface area contributed by atoms with Gasteiger partial charge in [-0.15, -0.1) is 16.9 Å². The minimum absolute atomic E-state index is 0.0516. The molecule has 2 amide bonds. The zero-order chi connectivity index (χ0) is 13.1. The summed E-state index contributed by atoms with van der Waals surface area (Å²) < 4.78 is 0. The van der Waals surface area contributed by atoms with Gasteiger partial charge >= 0.3 is 12.0 Å². The van der Waals surface area contributed by atoms with Gasteiger partial charge in [-0.25, -0.2) is 14.6 Å². The molecule has 96 valence electrons. The molecule has 2 unspecified atom stereocenters. The van der Waals surface area contributed by atoms with E-state index in [1.165, 1.54) is 29.1 Å². The highest BCUT2D eigenvalue weighted by molar-refractivity contribution is 8.00. The first-order valence-electron chi connectivity index (χ1n) is 5.17. The molecule has 0 saturated carbocycles. The van der Waals surface area contributed by atoms with Crippen molar-refractivity contribution in [3.63, 3.8) is 0 Å². The molecular weight excluding hydrogens is 258 g/mol. The molecule has 2 rings (SSSR count). The summed E-state index contributed by atoms with van der Waals surface area (Å²) >= 11 is 1.41. The molecule has 9 heteroatoms. The molecule has 1 aromatic heterocycles. The highest BCUT2D eigenvalue weighted by Gasteiger charge is 2.39. The van der Waals surface area contributed by atoms with Crippen molar-refractivity contribution in [2.24, 2.45) is 0 Å². The van der Waals surface area contributed by atoms with Crippen LogP contribution in [0.1, 0.15) is 6.92 Å². The summed E-state index contributed by atoms with van der Waals surface area (Å²) in [5.74, 6) is -0.595. The van der Waals surface area contributed by atoms with Crippen LogP contribution < -0.4 is 5.32 Å². The summed E-state index contributed by atoms with van der Waals surface area (Å²) in [7, 11) is 0. The standard InChI is InChI=1S/C9H11N5O3S/c1-5-14(6(4-18-5)7(15)16)9(17)12-8-10-2-3-11-13-8/h2-3,5-6H,4H2,1H3,(H,15,16)(H,10,12,13,17). The molecule has 2 heterocycles. The maximum absolute atomic E-state index is 12.0. The number of amides is 2. The molecule has 0 radical (unpaired) electrons. The lowest BCUT2D eigenvalue weighted by Gasteiger charge is -2.24. The van der Waals surface area contributed by atoms with Crippen LogP contribution in [0.3, 0.4) is 0 Å². The lowest BCUT2D eigenvalue weighted by atomic mass is 10.3. The summed E-state index contributed by atoms with van der Waals surface area (Å²) in [6.07, 6.45) is 2.77. The van der Waals surface area contributed by atoms with E-state index in [-0.39, 0.29) is 11.3 Å². The lowest BCUT2D eigenvalue weighted by molar-refractivity contribution is -0.141. The van der Waals surface area contributed by atoms with E-state index in [0.29, 0.717) is 5.75 Å². The third-order valence-corrected chi connectivity index (χ3v) is 3.66. The van der Waals surface area contributed by atoms with E-state index < -0.39 is 18.0 Å². The SMILES string of the molecule is CC1SCC(C(=O)O)N1C(=O)Nc1nccnn1. The summed E-state index contributed by atoms with van der Waals surface area (Å²) in [4.78, 5) is 28.1. The second-order valence-electron chi connectivity index (χ2n) is 3.59. The predicted octanol–water partition coefficient (Wildman–Crippen LogP) is 0.251. The molecule has 1 aliphatic heterocycles. The van der Waals surface area contributed by atoms with Gasteiger partial charge in [0.1, 0.15) is 6.04 Å². The fourth-order valence-electron chi connectivity index (χ4n) is 1.61. The van der Waals surface area contributed by atoms with Crippen molar-refractivity contribution < 1.29 is 14.7 Å². The average Bonchev–Trinajstić information content (AvgIpc) is 2.72. The topological polar surface area (TPSA) is 108 Å². The number of nitrogens with one attached hydrogen (secondary N) is 1. The Morgan fingerprint density at radius 3 is 2.94 bits per heavy atom. The number of carboxylic acid groups (broad SMARTS) is 1. The number of hydrogen-bond acceptors (Lipinski definition) is 6. The molecule has 2 atom stereocenters. The number of carboxylic acids is 1. The van der Waals surface area contributed by atoms with Gasteiger partial charge < -0.3 is 5.11 Å². The molecular formula is C9H11N5O3S. The first-order valence-corrected chi connectivity index (χ1v) is 6.22. The molecule has 1 saturated heterocycles. The number of anilines is 1. The van der Waals surface area contributed by atoms with Gasteiger partial charge in [-0.05, 0) is 6.92 Å². The number of aromatic nitrogens is 3. The van der Waals surface area contributed by atoms with Gasteiger partial charge in [0, 0.05) is 5.75 Å². The van der Waals surface area contributed by atoms with Gasteiger partial charge in [-0.3, -0.25) is 10.2 Å². The third-order valence-electron chi connectivity index (χ3n) is 2.44. The quantitative estimate of drug-likeness (QED) is 0.792. The average molecular weight is 269 g/mol. The Bertz CT molecular complexity index is 457. The van der Waals surface area contributed by atoms with Gasteiger partial charge in [-0.2, -0.15) is 5.10 Å². The van der Waals surface area contributed by atoms with Gasteiger partial charge in [0.25, 0.3) is 5.95 Å². The van der Waals surface area contributed by atoms with Crippen molar-refractivity contribution in [3.05, 3.63) is 12.4 Å².